The van der Waals surface area contributed by atoms with E-state index in [1.165, 1.54) is 5.56 Å². The van der Waals surface area contributed by atoms with E-state index in [1.807, 2.05) is 30.0 Å². The fourth-order valence-corrected chi connectivity index (χ4v) is 2.71. The molecule has 2 N–H and O–H groups in total. The number of hydrogen-bond acceptors (Lipinski definition) is 5. The van der Waals surface area contributed by atoms with Gasteiger partial charge in [0.25, 0.3) is 5.91 Å². The van der Waals surface area contributed by atoms with Crippen molar-refractivity contribution in [3.8, 4) is 0 Å². The molecule has 1 fully saturated rings. The van der Waals surface area contributed by atoms with E-state index in [4.69, 9.17) is 0 Å². The van der Waals surface area contributed by atoms with Crippen LogP contribution in [0.3, 0.4) is 0 Å². The molecule has 1 aliphatic rings. The number of benzene rings is 1. The highest BCUT2D eigenvalue weighted by Crippen LogP contribution is 2.18. The van der Waals surface area contributed by atoms with Crippen molar-refractivity contribution in [2.24, 2.45) is 0 Å². The predicted molar refractivity (Wildman–Crippen MR) is 89.3 cm³/mol. The van der Waals surface area contributed by atoms with Crippen molar-refractivity contribution in [1.29, 1.82) is 0 Å². The standard InChI is InChI=1S/C17H21N5O/c1-2-18-17-20-10-14(11-21-17)16(23)22-9-8-19-15(12-22)13-6-4-3-5-7-13/h3-7,10-11,15,19H,2,8-9,12H2,1H3,(H,18,20,21)/t15-/m0/s1. The van der Waals surface area contributed by atoms with Crippen molar-refractivity contribution in [3.05, 3.63) is 53.9 Å². The maximum atomic E-state index is 12.6. The van der Waals surface area contributed by atoms with E-state index in [0.29, 0.717) is 24.6 Å². The Morgan fingerprint density at radius 1 is 1.30 bits per heavy atom. The maximum absolute atomic E-state index is 12.6. The quantitative estimate of drug-likeness (QED) is 0.899. The summed E-state index contributed by atoms with van der Waals surface area (Å²) in [5, 5.41) is 6.49. The van der Waals surface area contributed by atoms with Crippen molar-refractivity contribution >= 4 is 11.9 Å². The summed E-state index contributed by atoms with van der Waals surface area (Å²) in [6.07, 6.45) is 3.18. The third-order valence-electron chi connectivity index (χ3n) is 3.90. The van der Waals surface area contributed by atoms with E-state index in [2.05, 4.69) is 32.7 Å². The minimum Gasteiger partial charge on any atom is -0.355 e. The van der Waals surface area contributed by atoms with Gasteiger partial charge in [0.05, 0.1) is 5.56 Å². The molecule has 2 aromatic rings. The first-order valence-corrected chi connectivity index (χ1v) is 7.91. The molecular formula is C17H21N5O. The summed E-state index contributed by atoms with van der Waals surface area (Å²) >= 11 is 0. The lowest BCUT2D eigenvalue weighted by Gasteiger charge is -2.34. The minimum atomic E-state index is -0.0181. The Morgan fingerprint density at radius 3 is 2.74 bits per heavy atom. The van der Waals surface area contributed by atoms with Crippen LogP contribution < -0.4 is 10.6 Å². The van der Waals surface area contributed by atoms with Crippen LogP contribution in [0.25, 0.3) is 0 Å². The van der Waals surface area contributed by atoms with E-state index in [1.54, 1.807) is 12.4 Å². The van der Waals surface area contributed by atoms with Gasteiger partial charge in [-0.25, -0.2) is 9.97 Å². The van der Waals surface area contributed by atoms with Crippen molar-refractivity contribution < 1.29 is 4.79 Å². The summed E-state index contributed by atoms with van der Waals surface area (Å²) in [4.78, 5) is 22.9. The number of carbonyl (C=O) groups excluding carboxylic acids is 1. The van der Waals surface area contributed by atoms with Gasteiger partial charge in [-0.2, -0.15) is 0 Å². The average molecular weight is 311 g/mol. The van der Waals surface area contributed by atoms with E-state index >= 15 is 0 Å². The van der Waals surface area contributed by atoms with Crippen LogP contribution in [0.1, 0.15) is 28.9 Å². The zero-order chi connectivity index (χ0) is 16.1. The zero-order valence-electron chi connectivity index (χ0n) is 13.2. The Kier molecular flexibility index (Phi) is 4.83. The number of anilines is 1. The topological polar surface area (TPSA) is 70.2 Å². The van der Waals surface area contributed by atoms with Crippen LogP contribution in [-0.2, 0) is 0 Å². The summed E-state index contributed by atoms with van der Waals surface area (Å²) in [6.45, 7) is 4.85. The van der Waals surface area contributed by atoms with E-state index in [0.717, 1.165) is 13.1 Å². The normalized spacial score (nSPS) is 17.8. The summed E-state index contributed by atoms with van der Waals surface area (Å²) in [5.41, 5.74) is 1.73. The van der Waals surface area contributed by atoms with Gasteiger partial charge in [0.15, 0.2) is 0 Å². The van der Waals surface area contributed by atoms with Crippen LogP contribution in [0, 0.1) is 0 Å². The molecule has 0 saturated carbocycles. The molecule has 0 spiro atoms. The summed E-state index contributed by atoms with van der Waals surface area (Å²) in [7, 11) is 0. The van der Waals surface area contributed by atoms with Crippen molar-refractivity contribution in [2.45, 2.75) is 13.0 Å². The highest BCUT2D eigenvalue weighted by molar-refractivity contribution is 5.93. The number of piperazine rings is 1. The van der Waals surface area contributed by atoms with Gasteiger partial charge in [0.1, 0.15) is 0 Å². The highest BCUT2D eigenvalue weighted by Gasteiger charge is 2.25. The van der Waals surface area contributed by atoms with Crippen LogP contribution in [0.4, 0.5) is 5.95 Å². The number of nitrogens with one attached hydrogen (secondary N) is 2. The third kappa shape index (κ3) is 3.65. The van der Waals surface area contributed by atoms with E-state index in [-0.39, 0.29) is 11.9 Å². The van der Waals surface area contributed by atoms with Gasteiger partial charge in [-0.1, -0.05) is 30.3 Å². The van der Waals surface area contributed by atoms with Gasteiger partial charge in [-0.15, -0.1) is 0 Å². The third-order valence-corrected chi connectivity index (χ3v) is 3.90. The lowest BCUT2D eigenvalue weighted by atomic mass is 10.0. The number of amides is 1. The maximum Gasteiger partial charge on any atom is 0.257 e. The molecule has 0 radical (unpaired) electrons. The summed E-state index contributed by atoms with van der Waals surface area (Å²) in [6, 6.07) is 10.4. The SMILES string of the molecule is CCNc1ncc(C(=O)N2CCN[C@H](c3ccccc3)C2)cn1. The molecule has 3 rings (SSSR count). The lowest BCUT2D eigenvalue weighted by molar-refractivity contribution is 0.0702. The molecule has 6 nitrogen and oxygen atoms in total. The Labute approximate surface area is 135 Å². The zero-order valence-corrected chi connectivity index (χ0v) is 13.2. The second-order valence-corrected chi connectivity index (χ2v) is 5.49. The Hall–Kier alpha value is -2.47. The molecule has 0 bridgehead atoms. The molecule has 1 saturated heterocycles. The van der Waals surface area contributed by atoms with E-state index in [9.17, 15) is 4.79 Å². The van der Waals surface area contributed by atoms with Gasteiger partial charge < -0.3 is 15.5 Å². The molecule has 1 aromatic heterocycles. The highest BCUT2D eigenvalue weighted by atomic mass is 16.2. The molecule has 6 heteroatoms. The molecule has 1 aromatic carbocycles. The molecule has 1 atom stereocenters. The van der Waals surface area contributed by atoms with Crippen molar-refractivity contribution in [1.82, 2.24) is 20.2 Å². The lowest BCUT2D eigenvalue weighted by Crippen LogP contribution is -2.48. The van der Waals surface area contributed by atoms with Crippen LogP contribution >= 0.6 is 0 Å². The van der Waals surface area contributed by atoms with E-state index < -0.39 is 0 Å². The summed E-state index contributed by atoms with van der Waals surface area (Å²) in [5.74, 6) is 0.530. The van der Waals surface area contributed by atoms with Gasteiger partial charge in [0.2, 0.25) is 5.95 Å². The Morgan fingerprint density at radius 2 is 2.04 bits per heavy atom. The number of hydrogen-bond donors (Lipinski definition) is 2. The monoisotopic (exact) mass is 311 g/mol. The van der Waals surface area contributed by atoms with Crippen molar-refractivity contribution in [3.63, 3.8) is 0 Å². The van der Waals surface area contributed by atoms with Crippen LogP contribution in [0.2, 0.25) is 0 Å². The number of rotatable bonds is 4. The number of aromatic nitrogens is 2. The van der Waals surface area contributed by atoms with Gasteiger partial charge in [-0.3, -0.25) is 4.79 Å². The molecule has 0 aliphatic carbocycles. The molecule has 1 amide bonds. The minimum absolute atomic E-state index is 0.0181. The van der Waals surface area contributed by atoms with Gasteiger partial charge in [0, 0.05) is 44.6 Å². The smallest absolute Gasteiger partial charge is 0.257 e. The Bertz CT molecular complexity index is 644. The largest absolute Gasteiger partial charge is 0.355 e. The summed E-state index contributed by atoms with van der Waals surface area (Å²) < 4.78 is 0. The first-order valence-electron chi connectivity index (χ1n) is 7.91. The molecule has 23 heavy (non-hydrogen) atoms. The predicted octanol–water partition coefficient (Wildman–Crippen LogP) is 1.70. The van der Waals surface area contributed by atoms with Crippen LogP contribution in [0.15, 0.2) is 42.7 Å². The fourth-order valence-electron chi connectivity index (χ4n) is 2.71. The van der Waals surface area contributed by atoms with Gasteiger partial charge >= 0.3 is 0 Å². The first kappa shape index (κ1) is 15.4. The molecular weight excluding hydrogens is 290 g/mol. The molecule has 2 heterocycles. The molecule has 120 valence electrons. The fraction of sp³-hybridized carbons (Fsp3) is 0.353. The van der Waals surface area contributed by atoms with Crippen LogP contribution in [-0.4, -0.2) is 47.0 Å². The number of carbonyl (C=O) groups is 1. The first-order chi connectivity index (χ1) is 11.3. The van der Waals surface area contributed by atoms with Gasteiger partial charge in [-0.05, 0) is 12.5 Å². The second-order valence-electron chi connectivity index (χ2n) is 5.49. The van der Waals surface area contributed by atoms with Crippen molar-refractivity contribution in [2.75, 3.05) is 31.5 Å². The molecule has 1 aliphatic heterocycles. The number of nitrogens with zero attached hydrogens (tertiary/aromatic N) is 3. The second kappa shape index (κ2) is 7.19. The Balaban J connectivity index is 1.69. The van der Waals surface area contributed by atoms with Crippen LogP contribution in [0.5, 0.6) is 0 Å². The average Bonchev–Trinajstić information content (AvgIpc) is 2.63. The molecule has 0 unspecified atom stereocenters.